The van der Waals surface area contributed by atoms with E-state index in [1.807, 2.05) is 0 Å². The molecule has 0 saturated carbocycles. The van der Waals surface area contributed by atoms with Crippen LogP contribution in [0.5, 0.6) is 0 Å². The van der Waals surface area contributed by atoms with Gasteiger partial charge in [0.15, 0.2) is 0 Å². The van der Waals surface area contributed by atoms with Gasteiger partial charge in [-0.3, -0.25) is 14.4 Å². The lowest BCUT2D eigenvalue weighted by molar-refractivity contribution is -0.270. The van der Waals surface area contributed by atoms with E-state index in [0.29, 0.717) is 5.56 Å². The van der Waals surface area contributed by atoms with Crippen molar-refractivity contribution < 1.29 is 42.9 Å². The van der Waals surface area contributed by atoms with E-state index in [9.17, 15) is 19.2 Å². The number of hydrogen-bond donors (Lipinski definition) is 0. The largest absolute Gasteiger partial charge is 0.459 e. The van der Waals surface area contributed by atoms with Crippen LogP contribution in [0.25, 0.3) is 0 Å². The molecule has 1 aromatic rings. The molecule has 0 N–H and O–H groups in total. The summed E-state index contributed by atoms with van der Waals surface area (Å²) in [6.07, 6.45) is -4.03. The summed E-state index contributed by atoms with van der Waals surface area (Å²) in [6.45, 7) is 3.36. The average Bonchev–Trinajstić information content (AvgIpc) is 2.62. The minimum atomic E-state index is -1.31. The molecular formula is C19H22O9. The summed E-state index contributed by atoms with van der Waals surface area (Å²) in [5.74, 6) is -2.49. The second-order valence-electron chi connectivity index (χ2n) is 6.16. The molecule has 1 aliphatic rings. The van der Waals surface area contributed by atoms with Crippen molar-refractivity contribution in [3.8, 4) is 0 Å². The van der Waals surface area contributed by atoms with E-state index >= 15 is 0 Å². The summed E-state index contributed by atoms with van der Waals surface area (Å²) in [5, 5.41) is 0. The second-order valence-corrected chi connectivity index (χ2v) is 6.16. The van der Waals surface area contributed by atoms with Crippen LogP contribution >= 0.6 is 0 Å². The van der Waals surface area contributed by atoms with Crippen molar-refractivity contribution in [2.45, 2.75) is 51.8 Å². The van der Waals surface area contributed by atoms with Crippen molar-refractivity contribution in [1.29, 1.82) is 0 Å². The van der Waals surface area contributed by atoms with E-state index in [-0.39, 0.29) is 13.0 Å². The Balaban J connectivity index is 2.10. The monoisotopic (exact) mass is 394 g/mol. The molecule has 0 aromatic heterocycles. The fraction of sp³-hybridized carbons (Fsp3) is 0.474. The van der Waals surface area contributed by atoms with E-state index in [0.717, 1.165) is 6.92 Å². The number of ether oxygens (including phenoxy) is 5. The Morgan fingerprint density at radius 2 is 1.54 bits per heavy atom. The van der Waals surface area contributed by atoms with Gasteiger partial charge in [-0.25, -0.2) is 4.79 Å². The summed E-state index contributed by atoms with van der Waals surface area (Å²) < 4.78 is 26.3. The van der Waals surface area contributed by atoms with Crippen LogP contribution in [0.3, 0.4) is 0 Å². The Bertz CT molecular complexity index is 689. The number of benzene rings is 1. The van der Waals surface area contributed by atoms with Gasteiger partial charge in [0.1, 0.15) is 12.7 Å². The van der Waals surface area contributed by atoms with Crippen LogP contribution < -0.4 is 0 Å². The van der Waals surface area contributed by atoms with Gasteiger partial charge in [0.05, 0.1) is 11.7 Å². The first-order valence-electron chi connectivity index (χ1n) is 8.65. The molecule has 1 heterocycles. The molecule has 1 fully saturated rings. The standard InChI is InChI=1S/C19H22O9/c1-11(20)25-16-9-15(10-24-18(23)14-7-5-4-6-8-14)28-19(27-13(3)22)17(16)26-12(2)21/h4-8,15-17,19H,9-10H2,1-3H3/t15-,16?,17?,19-/m1/s1. The molecule has 152 valence electrons. The third-order valence-electron chi connectivity index (χ3n) is 3.77. The highest BCUT2D eigenvalue weighted by Crippen LogP contribution is 2.27. The van der Waals surface area contributed by atoms with Crippen LogP contribution in [-0.4, -0.2) is 55.1 Å². The highest BCUT2D eigenvalue weighted by molar-refractivity contribution is 5.89. The van der Waals surface area contributed by atoms with Crippen LogP contribution in [0, 0.1) is 0 Å². The quantitative estimate of drug-likeness (QED) is 0.521. The van der Waals surface area contributed by atoms with Gasteiger partial charge in [-0.05, 0) is 12.1 Å². The molecular weight excluding hydrogens is 372 g/mol. The predicted molar refractivity (Wildman–Crippen MR) is 92.9 cm³/mol. The first-order valence-corrected chi connectivity index (χ1v) is 8.65. The zero-order valence-corrected chi connectivity index (χ0v) is 15.8. The lowest BCUT2D eigenvalue weighted by atomic mass is 10.0. The van der Waals surface area contributed by atoms with Gasteiger partial charge in [0.2, 0.25) is 12.4 Å². The zero-order valence-electron chi connectivity index (χ0n) is 15.8. The molecule has 0 bridgehead atoms. The third-order valence-corrected chi connectivity index (χ3v) is 3.77. The van der Waals surface area contributed by atoms with Crippen molar-refractivity contribution >= 4 is 23.9 Å². The van der Waals surface area contributed by atoms with Crippen molar-refractivity contribution in [1.82, 2.24) is 0 Å². The lowest BCUT2D eigenvalue weighted by Gasteiger charge is -2.39. The number of carbonyl (C=O) groups is 4. The SMILES string of the molecule is CC(=O)OC1C[C@H](COC(=O)c2ccccc2)O[C@@H](OC(C)=O)C1OC(C)=O. The maximum atomic E-state index is 12.1. The average molecular weight is 394 g/mol. The molecule has 0 aliphatic carbocycles. The Kier molecular flexibility index (Phi) is 7.51. The molecule has 4 atom stereocenters. The van der Waals surface area contributed by atoms with Gasteiger partial charge in [-0.2, -0.15) is 0 Å². The molecule has 2 unspecified atom stereocenters. The van der Waals surface area contributed by atoms with E-state index < -0.39 is 48.5 Å². The van der Waals surface area contributed by atoms with Crippen LogP contribution in [0.2, 0.25) is 0 Å². The molecule has 0 spiro atoms. The summed E-state index contributed by atoms with van der Waals surface area (Å²) in [7, 11) is 0. The van der Waals surface area contributed by atoms with Gasteiger partial charge >= 0.3 is 23.9 Å². The van der Waals surface area contributed by atoms with Gasteiger partial charge < -0.3 is 23.7 Å². The molecule has 9 nitrogen and oxygen atoms in total. The topological polar surface area (TPSA) is 114 Å². The molecule has 0 amide bonds. The molecule has 28 heavy (non-hydrogen) atoms. The molecule has 1 aromatic carbocycles. The van der Waals surface area contributed by atoms with Gasteiger partial charge in [-0.15, -0.1) is 0 Å². The summed E-state index contributed by atoms with van der Waals surface area (Å²) in [6, 6.07) is 8.37. The highest BCUT2D eigenvalue weighted by Gasteiger charge is 2.45. The predicted octanol–water partition coefficient (Wildman–Crippen LogP) is 1.38. The second kappa shape index (κ2) is 9.84. The fourth-order valence-corrected chi connectivity index (χ4v) is 2.73. The van der Waals surface area contributed by atoms with Gasteiger partial charge in [0, 0.05) is 27.2 Å². The van der Waals surface area contributed by atoms with Crippen molar-refractivity contribution in [3.63, 3.8) is 0 Å². The van der Waals surface area contributed by atoms with Gasteiger partial charge in [-0.1, -0.05) is 18.2 Å². The minimum absolute atomic E-state index is 0.0807. The smallest absolute Gasteiger partial charge is 0.338 e. The normalized spacial score (nSPS) is 24.0. The van der Waals surface area contributed by atoms with Crippen molar-refractivity contribution in [3.05, 3.63) is 35.9 Å². The number of esters is 4. The van der Waals surface area contributed by atoms with E-state index in [1.165, 1.54) is 13.8 Å². The van der Waals surface area contributed by atoms with Crippen LogP contribution in [0.1, 0.15) is 37.6 Å². The van der Waals surface area contributed by atoms with E-state index in [4.69, 9.17) is 23.7 Å². The Morgan fingerprint density at radius 3 is 2.11 bits per heavy atom. The molecule has 1 aliphatic heterocycles. The van der Waals surface area contributed by atoms with Crippen LogP contribution in [0.4, 0.5) is 0 Å². The maximum Gasteiger partial charge on any atom is 0.338 e. The molecule has 2 rings (SSSR count). The van der Waals surface area contributed by atoms with E-state index in [1.54, 1.807) is 30.3 Å². The zero-order chi connectivity index (χ0) is 20.7. The molecule has 9 heteroatoms. The number of hydrogen-bond acceptors (Lipinski definition) is 9. The van der Waals surface area contributed by atoms with Gasteiger partial charge in [0.25, 0.3) is 0 Å². The Labute approximate surface area is 161 Å². The van der Waals surface area contributed by atoms with Crippen molar-refractivity contribution in [2.75, 3.05) is 6.61 Å². The lowest BCUT2D eigenvalue weighted by Crippen LogP contribution is -2.54. The van der Waals surface area contributed by atoms with E-state index in [2.05, 4.69) is 0 Å². The first-order chi connectivity index (χ1) is 13.3. The Hall–Kier alpha value is -2.94. The molecule has 0 radical (unpaired) electrons. The van der Waals surface area contributed by atoms with Crippen molar-refractivity contribution in [2.24, 2.45) is 0 Å². The number of rotatable bonds is 6. The maximum absolute atomic E-state index is 12.1. The first kappa shape index (κ1) is 21.4. The number of carbonyl (C=O) groups excluding carboxylic acids is 4. The summed E-state index contributed by atoms with van der Waals surface area (Å²) in [5.41, 5.74) is 0.365. The fourth-order valence-electron chi connectivity index (χ4n) is 2.73. The third kappa shape index (κ3) is 6.34. The minimum Gasteiger partial charge on any atom is -0.459 e. The van der Waals surface area contributed by atoms with Crippen LogP contribution in [0.15, 0.2) is 30.3 Å². The van der Waals surface area contributed by atoms with Crippen LogP contribution in [-0.2, 0) is 38.1 Å². The summed E-state index contributed by atoms with van der Waals surface area (Å²) in [4.78, 5) is 46.3. The Morgan fingerprint density at radius 1 is 0.929 bits per heavy atom. The summed E-state index contributed by atoms with van der Waals surface area (Å²) >= 11 is 0. The molecule has 1 saturated heterocycles. The highest BCUT2D eigenvalue weighted by atomic mass is 16.7.